The summed E-state index contributed by atoms with van der Waals surface area (Å²) >= 11 is 0. The van der Waals surface area contributed by atoms with Gasteiger partial charge in [-0.15, -0.1) is 12.4 Å². The van der Waals surface area contributed by atoms with E-state index in [9.17, 15) is 18.0 Å². The van der Waals surface area contributed by atoms with E-state index in [1.165, 1.54) is 12.1 Å². The van der Waals surface area contributed by atoms with Gasteiger partial charge in [-0.1, -0.05) is 17.7 Å². The van der Waals surface area contributed by atoms with E-state index in [1.807, 2.05) is 6.92 Å². The first-order chi connectivity index (χ1) is 11.0. The number of benzene rings is 1. The summed E-state index contributed by atoms with van der Waals surface area (Å²) in [6.07, 6.45) is -3.81. The number of rotatable bonds is 4. The highest BCUT2D eigenvalue weighted by molar-refractivity contribution is 5.95. The zero-order valence-corrected chi connectivity index (χ0v) is 14.8. The van der Waals surface area contributed by atoms with Crippen LogP contribution in [0.5, 0.6) is 0 Å². The van der Waals surface area contributed by atoms with E-state index in [4.69, 9.17) is 5.73 Å². The molecule has 1 amide bonds. The van der Waals surface area contributed by atoms with Gasteiger partial charge in [0.15, 0.2) is 5.69 Å². The molecule has 0 spiro atoms. The third-order valence-electron chi connectivity index (χ3n) is 3.27. The minimum absolute atomic E-state index is 0. The Balaban J connectivity index is 0.00000312. The van der Waals surface area contributed by atoms with Gasteiger partial charge < -0.3 is 11.1 Å². The van der Waals surface area contributed by atoms with Gasteiger partial charge in [0.2, 0.25) is 0 Å². The zero-order valence-electron chi connectivity index (χ0n) is 14.0. The molecule has 0 radical (unpaired) electrons. The SMILES string of the molecule is Cc1ccc(-n2ncc(C(=O)NCC(C)(C)N)c2C(F)(F)F)cc1.Cl. The number of aryl methyl sites for hydroxylation is 1. The first-order valence-electron chi connectivity index (χ1n) is 7.28. The van der Waals surface area contributed by atoms with Crippen molar-refractivity contribution in [1.29, 1.82) is 0 Å². The number of hydrogen-bond acceptors (Lipinski definition) is 3. The van der Waals surface area contributed by atoms with Gasteiger partial charge >= 0.3 is 6.18 Å². The van der Waals surface area contributed by atoms with Gasteiger partial charge in [0.1, 0.15) is 0 Å². The van der Waals surface area contributed by atoms with Crippen LogP contribution in [-0.2, 0) is 6.18 Å². The summed E-state index contributed by atoms with van der Waals surface area (Å²) in [6, 6.07) is 6.38. The highest BCUT2D eigenvalue weighted by atomic mass is 35.5. The minimum atomic E-state index is -4.73. The lowest BCUT2D eigenvalue weighted by atomic mass is 10.1. The van der Waals surface area contributed by atoms with E-state index in [-0.39, 0.29) is 24.6 Å². The quantitative estimate of drug-likeness (QED) is 0.861. The van der Waals surface area contributed by atoms with Crippen molar-refractivity contribution in [2.45, 2.75) is 32.5 Å². The van der Waals surface area contributed by atoms with Gasteiger partial charge in [-0.2, -0.15) is 18.3 Å². The van der Waals surface area contributed by atoms with Crippen molar-refractivity contribution in [3.05, 3.63) is 47.3 Å². The number of carbonyl (C=O) groups excluding carboxylic acids is 1. The number of nitrogens with zero attached hydrogens (tertiary/aromatic N) is 2. The number of hydrogen-bond donors (Lipinski definition) is 2. The number of nitrogens with one attached hydrogen (secondary N) is 1. The Morgan fingerprint density at radius 1 is 1.24 bits per heavy atom. The smallest absolute Gasteiger partial charge is 0.350 e. The molecule has 1 aromatic carbocycles. The molecule has 1 aromatic heterocycles. The molecule has 0 saturated carbocycles. The Hall–Kier alpha value is -2.06. The predicted molar refractivity (Wildman–Crippen MR) is 91.2 cm³/mol. The van der Waals surface area contributed by atoms with Gasteiger partial charge in [-0.05, 0) is 32.9 Å². The third kappa shape index (κ3) is 5.20. The monoisotopic (exact) mass is 376 g/mol. The van der Waals surface area contributed by atoms with E-state index < -0.39 is 28.9 Å². The molecule has 0 saturated heterocycles. The van der Waals surface area contributed by atoms with Crippen molar-refractivity contribution in [1.82, 2.24) is 15.1 Å². The van der Waals surface area contributed by atoms with E-state index in [1.54, 1.807) is 26.0 Å². The lowest BCUT2D eigenvalue weighted by Crippen LogP contribution is -2.45. The van der Waals surface area contributed by atoms with E-state index in [0.717, 1.165) is 16.4 Å². The highest BCUT2D eigenvalue weighted by Crippen LogP contribution is 2.33. The molecule has 25 heavy (non-hydrogen) atoms. The van der Waals surface area contributed by atoms with Gasteiger partial charge in [0.05, 0.1) is 17.4 Å². The molecule has 0 aliphatic heterocycles. The lowest BCUT2D eigenvalue weighted by molar-refractivity contribution is -0.143. The summed E-state index contributed by atoms with van der Waals surface area (Å²) in [7, 11) is 0. The Morgan fingerprint density at radius 2 is 1.80 bits per heavy atom. The maximum Gasteiger partial charge on any atom is 0.434 e. The molecule has 0 bridgehead atoms. The number of amides is 1. The summed E-state index contributed by atoms with van der Waals surface area (Å²) < 4.78 is 41.2. The number of nitrogens with two attached hydrogens (primary N) is 1. The summed E-state index contributed by atoms with van der Waals surface area (Å²) in [4.78, 5) is 12.1. The maximum absolute atomic E-state index is 13.5. The van der Waals surface area contributed by atoms with Crippen molar-refractivity contribution in [2.24, 2.45) is 5.73 Å². The van der Waals surface area contributed by atoms with E-state index in [2.05, 4.69) is 10.4 Å². The molecule has 0 fully saturated rings. The van der Waals surface area contributed by atoms with Crippen LogP contribution in [0.4, 0.5) is 13.2 Å². The van der Waals surface area contributed by atoms with Crippen LogP contribution in [0.1, 0.15) is 35.5 Å². The average Bonchev–Trinajstić information content (AvgIpc) is 2.90. The van der Waals surface area contributed by atoms with Gasteiger partial charge in [0.25, 0.3) is 5.91 Å². The topological polar surface area (TPSA) is 72.9 Å². The van der Waals surface area contributed by atoms with Crippen LogP contribution >= 0.6 is 12.4 Å². The second-order valence-electron chi connectivity index (χ2n) is 6.32. The Labute approximate surface area is 149 Å². The van der Waals surface area contributed by atoms with Gasteiger partial charge in [0, 0.05) is 12.1 Å². The second-order valence-corrected chi connectivity index (χ2v) is 6.32. The fourth-order valence-corrected chi connectivity index (χ4v) is 2.07. The molecule has 0 atom stereocenters. The van der Waals surface area contributed by atoms with Crippen LogP contribution < -0.4 is 11.1 Å². The molecule has 2 rings (SSSR count). The standard InChI is InChI=1S/C16H19F3N4O.ClH/c1-10-4-6-11(7-5-10)23-13(16(17,18)19)12(8-22-23)14(24)21-9-15(2,3)20;/h4-8H,9,20H2,1-3H3,(H,21,24);1H. The fourth-order valence-electron chi connectivity index (χ4n) is 2.07. The Kier molecular flexibility index (Phi) is 6.25. The van der Waals surface area contributed by atoms with Gasteiger partial charge in [-0.25, -0.2) is 4.68 Å². The Morgan fingerprint density at radius 3 is 2.28 bits per heavy atom. The summed E-state index contributed by atoms with van der Waals surface area (Å²) in [5.74, 6) is -0.862. The summed E-state index contributed by atoms with van der Waals surface area (Å²) in [5, 5.41) is 6.16. The maximum atomic E-state index is 13.5. The van der Waals surface area contributed by atoms with Crippen LogP contribution in [0.25, 0.3) is 5.69 Å². The van der Waals surface area contributed by atoms with Crippen LogP contribution in [0.15, 0.2) is 30.5 Å². The largest absolute Gasteiger partial charge is 0.434 e. The fraction of sp³-hybridized carbons (Fsp3) is 0.375. The van der Waals surface area contributed by atoms with E-state index >= 15 is 0 Å². The third-order valence-corrected chi connectivity index (χ3v) is 3.27. The first-order valence-corrected chi connectivity index (χ1v) is 7.28. The van der Waals surface area contributed by atoms with Crippen molar-refractivity contribution < 1.29 is 18.0 Å². The highest BCUT2D eigenvalue weighted by Gasteiger charge is 2.40. The first kappa shape index (κ1) is 21.0. The normalized spacial score (nSPS) is 11.8. The molecule has 1 heterocycles. The minimum Gasteiger partial charge on any atom is -0.350 e. The van der Waals surface area contributed by atoms with E-state index in [0.29, 0.717) is 0 Å². The molecule has 138 valence electrons. The second kappa shape index (κ2) is 7.45. The number of aromatic nitrogens is 2. The number of halogens is 4. The van der Waals surface area contributed by atoms with Crippen LogP contribution in [0, 0.1) is 6.92 Å². The zero-order chi connectivity index (χ0) is 18.1. The lowest BCUT2D eigenvalue weighted by Gasteiger charge is -2.19. The molecular weight excluding hydrogens is 357 g/mol. The number of alkyl halides is 3. The molecule has 9 heteroatoms. The van der Waals surface area contributed by atoms with Crippen molar-refractivity contribution in [3.63, 3.8) is 0 Å². The summed E-state index contributed by atoms with van der Waals surface area (Å²) in [5.41, 5.74) is 4.49. The average molecular weight is 377 g/mol. The van der Waals surface area contributed by atoms with Crippen LogP contribution in [-0.4, -0.2) is 27.8 Å². The molecule has 2 aromatic rings. The molecule has 0 aliphatic carbocycles. The van der Waals surface area contributed by atoms with Crippen molar-refractivity contribution in [2.75, 3.05) is 6.54 Å². The molecule has 5 nitrogen and oxygen atoms in total. The summed E-state index contributed by atoms with van der Waals surface area (Å²) in [6.45, 7) is 5.19. The van der Waals surface area contributed by atoms with Gasteiger partial charge in [-0.3, -0.25) is 4.79 Å². The molecule has 3 N–H and O–H groups in total. The predicted octanol–water partition coefficient (Wildman–Crippen LogP) is 3.09. The molecule has 0 aliphatic rings. The Bertz CT molecular complexity index is 733. The molecular formula is C16H20ClF3N4O. The van der Waals surface area contributed by atoms with Crippen molar-refractivity contribution in [3.8, 4) is 5.69 Å². The number of carbonyl (C=O) groups is 1. The van der Waals surface area contributed by atoms with Crippen LogP contribution in [0.2, 0.25) is 0 Å². The molecule has 0 unspecified atom stereocenters. The van der Waals surface area contributed by atoms with Crippen LogP contribution in [0.3, 0.4) is 0 Å². The van der Waals surface area contributed by atoms with Crippen molar-refractivity contribution >= 4 is 18.3 Å².